The van der Waals surface area contributed by atoms with Gasteiger partial charge in [-0.2, -0.15) is 4.40 Å². The van der Waals surface area contributed by atoms with Crippen molar-refractivity contribution < 1.29 is 0 Å². The summed E-state index contributed by atoms with van der Waals surface area (Å²) >= 11 is 7.86. The minimum atomic E-state index is 0.407. The third-order valence-corrected chi connectivity index (χ3v) is 5.45. The highest BCUT2D eigenvalue weighted by atomic mass is 35.5. The van der Waals surface area contributed by atoms with Gasteiger partial charge in [0, 0.05) is 33.8 Å². The lowest BCUT2D eigenvalue weighted by Crippen LogP contribution is -2.24. The Morgan fingerprint density at radius 1 is 1.00 bits per heavy atom. The summed E-state index contributed by atoms with van der Waals surface area (Å²) in [5.41, 5.74) is 5.01. The third-order valence-electron chi connectivity index (χ3n) is 4.31. The van der Waals surface area contributed by atoms with Crippen molar-refractivity contribution in [2.75, 3.05) is 10.6 Å². The van der Waals surface area contributed by atoms with Gasteiger partial charge in [0.2, 0.25) is 5.96 Å². The number of nitrogens with one attached hydrogen (secondary N) is 2. The molecule has 0 radical (unpaired) electrons. The molecule has 0 bridgehead atoms. The number of benzene rings is 2. The minimum Gasteiger partial charge on any atom is -0.324 e. The summed E-state index contributed by atoms with van der Waals surface area (Å²) in [7, 11) is 0. The Bertz CT molecular complexity index is 999. The number of nitrogens with zero attached hydrogens (tertiary/aromatic N) is 2. The van der Waals surface area contributed by atoms with E-state index in [1.165, 1.54) is 11.9 Å². The van der Waals surface area contributed by atoms with Crippen LogP contribution in [0.15, 0.2) is 70.1 Å². The number of hydrogen-bond acceptors (Lipinski definition) is 5. The Hall–Kier alpha value is -2.50. The zero-order chi connectivity index (χ0) is 18.8. The van der Waals surface area contributed by atoms with Crippen molar-refractivity contribution in [2.45, 2.75) is 24.7 Å². The molecule has 1 aliphatic heterocycles. The van der Waals surface area contributed by atoms with Crippen molar-refractivity contribution in [3.05, 3.63) is 71.5 Å². The number of rotatable bonds is 3. The average Bonchev–Trinajstić information content (AvgIpc) is 2.68. The number of hydrogen-bond donors (Lipinski definition) is 2. The van der Waals surface area contributed by atoms with Gasteiger partial charge >= 0.3 is 0 Å². The number of aromatic nitrogens is 1. The van der Waals surface area contributed by atoms with Crippen LogP contribution in [-0.2, 0) is 0 Å². The van der Waals surface area contributed by atoms with Crippen LogP contribution in [0.2, 0.25) is 5.02 Å². The van der Waals surface area contributed by atoms with Gasteiger partial charge in [0.25, 0.3) is 0 Å². The smallest absolute Gasteiger partial charge is 0.212 e. The van der Waals surface area contributed by atoms with Crippen molar-refractivity contribution in [2.24, 2.45) is 4.40 Å². The van der Waals surface area contributed by atoms with Crippen LogP contribution < -0.4 is 10.6 Å². The van der Waals surface area contributed by atoms with Crippen LogP contribution in [0.3, 0.4) is 0 Å². The van der Waals surface area contributed by atoms with E-state index in [0.29, 0.717) is 11.9 Å². The molecule has 27 heavy (non-hydrogen) atoms. The largest absolute Gasteiger partial charge is 0.324 e. The Labute approximate surface area is 168 Å². The molecule has 4 rings (SSSR count). The topological polar surface area (TPSA) is 49.3 Å². The molecule has 0 saturated carbocycles. The number of pyridine rings is 1. The summed E-state index contributed by atoms with van der Waals surface area (Å²) in [5.74, 6) is 1.08. The van der Waals surface area contributed by atoms with Crippen LogP contribution in [0.4, 0.5) is 11.4 Å². The van der Waals surface area contributed by atoms with E-state index in [4.69, 9.17) is 11.6 Å². The van der Waals surface area contributed by atoms with Gasteiger partial charge in [-0.05, 0) is 30.2 Å². The Balaban J connectivity index is 1.60. The maximum atomic E-state index is 6.42. The summed E-state index contributed by atoms with van der Waals surface area (Å²) in [5, 5.41) is 7.44. The molecule has 0 saturated heterocycles. The van der Waals surface area contributed by atoms with E-state index in [1.54, 1.807) is 0 Å². The Kier molecular flexibility index (Phi) is 5.05. The quantitative estimate of drug-likeness (QED) is 0.503. The molecular formula is C21H19ClN4S. The zero-order valence-corrected chi connectivity index (χ0v) is 16.6. The van der Waals surface area contributed by atoms with Gasteiger partial charge in [0.1, 0.15) is 0 Å². The van der Waals surface area contributed by atoms with Gasteiger partial charge in [-0.15, -0.1) is 0 Å². The van der Waals surface area contributed by atoms with Crippen LogP contribution in [0.1, 0.15) is 25.5 Å². The summed E-state index contributed by atoms with van der Waals surface area (Å²) in [6, 6.07) is 18.0. The monoisotopic (exact) mass is 394 g/mol. The maximum Gasteiger partial charge on any atom is 0.212 e. The number of halogens is 1. The lowest BCUT2D eigenvalue weighted by Gasteiger charge is -2.21. The molecule has 2 N–H and O–H groups in total. The second-order valence-corrected chi connectivity index (χ2v) is 7.78. The summed E-state index contributed by atoms with van der Waals surface area (Å²) < 4.78 is 4.53. The van der Waals surface area contributed by atoms with Crippen LogP contribution in [0.5, 0.6) is 0 Å². The fourth-order valence-electron chi connectivity index (χ4n) is 2.89. The first kappa shape index (κ1) is 17.9. The maximum absolute atomic E-state index is 6.42. The van der Waals surface area contributed by atoms with Gasteiger partial charge in [-0.1, -0.05) is 55.8 Å². The summed E-state index contributed by atoms with van der Waals surface area (Å²) in [4.78, 5) is 5.56. The van der Waals surface area contributed by atoms with E-state index in [9.17, 15) is 0 Å². The summed E-state index contributed by atoms with van der Waals surface area (Å²) in [6.45, 7) is 4.26. The number of guanidine groups is 1. The first-order valence-electron chi connectivity index (χ1n) is 8.75. The lowest BCUT2D eigenvalue weighted by atomic mass is 10.0. The van der Waals surface area contributed by atoms with Crippen LogP contribution in [-0.4, -0.2) is 10.9 Å². The molecule has 2 aromatic carbocycles. The second kappa shape index (κ2) is 7.62. The lowest BCUT2D eigenvalue weighted by molar-refractivity contribution is 0.823. The minimum absolute atomic E-state index is 0.407. The molecule has 0 amide bonds. The molecule has 0 atom stereocenters. The fraction of sp³-hybridized carbons (Fsp3) is 0.143. The molecule has 136 valence electrons. The average molecular weight is 395 g/mol. The van der Waals surface area contributed by atoms with Crippen LogP contribution in [0.25, 0.3) is 11.1 Å². The molecule has 1 aliphatic rings. The van der Waals surface area contributed by atoms with E-state index in [2.05, 4.69) is 39.9 Å². The number of anilines is 2. The summed E-state index contributed by atoms with van der Waals surface area (Å²) in [6.07, 6.45) is 1.83. The van der Waals surface area contributed by atoms with E-state index in [-0.39, 0.29) is 0 Å². The van der Waals surface area contributed by atoms with E-state index < -0.39 is 0 Å². The van der Waals surface area contributed by atoms with E-state index in [1.807, 2.05) is 54.7 Å². The Morgan fingerprint density at radius 3 is 2.56 bits per heavy atom. The van der Waals surface area contributed by atoms with Gasteiger partial charge in [-0.25, -0.2) is 0 Å². The standard InChI is InChI=1S/C21H19ClN4S/c1-13(2)18-11-10-14(12-23-18)24-21-25-20-16(7-5-9-19(20)27-26-21)15-6-3-4-8-17(15)22/h3-13H,1-2H3,(H2,24,25,26). The fourth-order valence-corrected chi connectivity index (χ4v) is 3.80. The van der Waals surface area contributed by atoms with Gasteiger partial charge in [-0.3, -0.25) is 4.98 Å². The predicted molar refractivity (Wildman–Crippen MR) is 116 cm³/mol. The van der Waals surface area contributed by atoms with E-state index >= 15 is 0 Å². The van der Waals surface area contributed by atoms with Crippen molar-refractivity contribution in [3.63, 3.8) is 0 Å². The van der Waals surface area contributed by atoms with Gasteiger partial charge in [0.05, 0.1) is 22.5 Å². The molecule has 0 spiro atoms. The molecule has 0 unspecified atom stereocenters. The van der Waals surface area contributed by atoms with Crippen LogP contribution >= 0.6 is 23.5 Å². The zero-order valence-electron chi connectivity index (χ0n) is 15.0. The molecule has 0 fully saturated rings. The second-order valence-electron chi connectivity index (χ2n) is 6.57. The van der Waals surface area contributed by atoms with Crippen molar-refractivity contribution in [1.82, 2.24) is 4.98 Å². The molecule has 2 heterocycles. The van der Waals surface area contributed by atoms with Crippen molar-refractivity contribution in [1.29, 1.82) is 0 Å². The molecule has 6 heteroatoms. The van der Waals surface area contributed by atoms with Crippen molar-refractivity contribution >= 4 is 40.9 Å². The van der Waals surface area contributed by atoms with Crippen molar-refractivity contribution in [3.8, 4) is 11.1 Å². The SMILES string of the molecule is CC(C)c1ccc(NC2=NSc3cccc(-c4ccccc4Cl)c3N2)cn1. The van der Waals surface area contributed by atoms with Crippen LogP contribution in [0, 0.1) is 0 Å². The molecule has 4 nitrogen and oxygen atoms in total. The predicted octanol–water partition coefficient (Wildman–Crippen LogP) is 6.43. The first-order valence-corrected chi connectivity index (χ1v) is 9.90. The number of para-hydroxylation sites is 1. The highest BCUT2D eigenvalue weighted by molar-refractivity contribution is 7.98. The number of fused-ring (bicyclic) bond motifs is 1. The highest BCUT2D eigenvalue weighted by Gasteiger charge is 2.18. The van der Waals surface area contributed by atoms with E-state index in [0.717, 1.165) is 38.1 Å². The Morgan fingerprint density at radius 2 is 1.81 bits per heavy atom. The molecule has 3 aromatic rings. The highest BCUT2D eigenvalue weighted by Crippen LogP contribution is 2.41. The molecule has 0 aliphatic carbocycles. The first-order chi connectivity index (χ1) is 13.1. The van der Waals surface area contributed by atoms with Gasteiger partial charge in [0.15, 0.2) is 0 Å². The molecule has 1 aromatic heterocycles. The molecular weight excluding hydrogens is 376 g/mol. The third kappa shape index (κ3) is 3.80. The van der Waals surface area contributed by atoms with Gasteiger partial charge < -0.3 is 10.6 Å². The normalized spacial score (nSPS) is 13.0.